The Labute approximate surface area is 229 Å². The van der Waals surface area contributed by atoms with Crippen molar-refractivity contribution in [2.75, 3.05) is 5.75 Å². The van der Waals surface area contributed by atoms with Crippen LogP contribution >= 0.6 is 11.8 Å². The SMILES string of the molecule is Cc1ccc(-n2c(SCc3ccccc3C)nnc2C(C)NS(=O)(=O)CC23CCC(CC2=O)C3(C)C)cc1. The predicted molar refractivity (Wildman–Crippen MR) is 151 cm³/mol. The van der Waals surface area contributed by atoms with Crippen molar-refractivity contribution < 1.29 is 13.2 Å². The van der Waals surface area contributed by atoms with Crippen LogP contribution in [0.15, 0.2) is 53.7 Å². The number of benzene rings is 2. The van der Waals surface area contributed by atoms with Crippen LogP contribution < -0.4 is 4.72 Å². The summed E-state index contributed by atoms with van der Waals surface area (Å²) >= 11 is 1.57. The second-order valence-electron chi connectivity index (χ2n) is 11.5. The zero-order chi connectivity index (χ0) is 27.3. The fourth-order valence-electron chi connectivity index (χ4n) is 6.30. The van der Waals surface area contributed by atoms with Gasteiger partial charge < -0.3 is 0 Å². The molecular weight excluding hydrogens is 516 g/mol. The number of ketones is 1. The molecule has 2 aromatic carbocycles. The summed E-state index contributed by atoms with van der Waals surface area (Å²) in [5.41, 5.74) is 3.29. The van der Waals surface area contributed by atoms with Crippen LogP contribution in [0.5, 0.6) is 0 Å². The first-order valence-corrected chi connectivity index (χ1v) is 15.8. The van der Waals surface area contributed by atoms with Crippen molar-refractivity contribution in [2.24, 2.45) is 16.7 Å². The van der Waals surface area contributed by atoms with Crippen LogP contribution in [0.25, 0.3) is 5.69 Å². The van der Waals surface area contributed by atoms with E-state index in [4.69, 9.17) is 0 Å². The van der Waals surface area contributed by atoms with E-state index in [9.17, 15) is 13.2 Å². The highest BCUT2D eigenvalue weighted by atomic mass is 32.2. The summed E-state index contributed by atoms with van der Waals surface area (Å²) in [5.74, 6) is 1.41. The number of fused-ring (bicyclic) bond motifs is 2. The minimum Gasteiger partial charge on any atom is -0.299 e. The third-order valence-corrected chi connectivity index (χ3v) is 11.5. The molecule has 9 heteroatoms. The number of thioether (sulfide) groups is 1. The molecule has 1 heterocycles. The van der Waals surface area contributed by atoms with E-state index in [-0.39, 0.29) is 22.9 Å². The Morgan fingerprint density at radius 1 is 1.11 bits per heavy atom. The van der Waals surface area contributed by atoms with Crippen LogP contribution in [0.3, 0.4) is 0 Å². The molecule has 5 rings (SSSR count). The molecule has 0 aliphatic heterocycles. The molecule has 0 amide bonds. The van der Waals surface area contributed by atoms with Gasteiger partial charge in [0.25, 0.3) is 0 Å². The van der Waals surface area contributed by atoms with Gasteiger partial charge in [-0.1, -0.05) is 67.6 Å². The van der Waals surface area contributed by atoms with Gasteiger partial charge in [-0.3, -0.25) is 9.36 Å². The second kappa shape index (κ2) is 9.92. The van der Waals surface area contributed by atoms with Crippen LogP contribution in [0.1, 0.15) is 68.6 Å². The summed E-state index contributed by atoms with van der Waals surface area (Å²) in [6.45, 7) is 10.0. The number of hydrogen-bond acceptors (Lipinski definition) is 6. The Balaban J connectivity index is 1.43. The number of carbonyl (C=O) groups excluding carboxylic acids is 1. The largest absolute Gasteiger partial charge is 0.299 e. The molecule has 0 spiro atoms. The second-order valence-corrected chi connectivity index (χ2v) is 14.2. The van der Waals surface area contributed by atoms with Gasteiger partial charge in [0.15, 0.2) is 11.0 Å². The first-order chi connectivity index (χ1) is 17.9. The van der Waals surface area contributed by atoms with Crippen molar-refractivity contribution in [1.29, 1.82) is 0 Å². The molecule has 3 unspecified atom stereocenters. The van der Waals surface area contributed by atoms with Crippen LogP contribution in [-0.4, -0.2) is 34.7 Å². The Hall–Kier alpha value is -2.49. The third kappa shape index (κ3) is 4.73. The number of nitrogens with zero attached hydrogens (tertiary/aromatic N) is 3. The predicted octanol–water partition coefficient (Wildman–Crippen LogP) is 5.55. The molecule has 0 saturated heterocycles. The van der Waals surface area contributed by atoms with Crippen molar-refractivity contribution >= 4 is 27.6 Å². The number of carbonyl (C=O) groups is 1. The van der Waals surface area contributed by atoms with Crippen LogP contribution in [0.2, 0.25) is 0 Å². The lowest BCUT2D eigenvalue weighted by Crippen LogP contribution is -2.45. The van der Waals surface area contributed by atoms with E-state index in [1.165, 1.54) is 11.1 Å². The normalized spacial score (nSPS) is 23.2. The molecule has 2 saturated carbocycles. The zero-order valence-corrected chi connectivity index (χ0v) is 24.3. The molecule has 2 aliphatic carbocycles. The maximum Gasteiger partial charge on any atom is 0.213 e. The highest BCUT2D eigenvalue weighted by Crippen LogP contribution is 2.64. The standard InChI is InChI=1S/C29H36N4O3S2/c1-19-10-12-24(13-11-19)33-26(30-31-27(33)37-17-22-9-7-6-8-20(22)2)21(3)32-38(35,36)18-29-15-14-23(16-25(29)34)28(29,4)5/h6-13,21,23,32H,14-18H2,1-5H3. The number of sulfonamides is 1. The maximum atomic E-state index is 13.5. The van der Waals surface area contributed by atoms with E-state index < -0.39 is 21.5 Å². The van der Waals surface area contributed by atoms with Gasteiger partial charge in [0.05, 0.1) is 11.8 Å². The Morgan fingerprint density at radius 3 is 2.45 bits per heavy atom. The zero-order valence-electron chi connectivity index (χ0n) is 22.7. The van der Waals surface area contributed by atoms with Gasteiger partial charge in [0.1, 0.15) is 5.78 Å². The van der Waals surface area contributed by atoms with Crippen molar-refractivity contribution in [3.63, 3.8) is 0 Å². The first-order valence-electron chi connectivity index (χ1n) is 13.2. The molecule has 2 fully saturated rings. The Bertz CT molecular complexity index is 1460. The molecule has 0 radical (unpaired) electrons. The lowest BCUT2D eigenvalue weighted by Gasteiger charge is -2.36. The summed E-state index contributed by atoms with van der Waals surface area (Å²) in [6.07, 6.45) is 2.03. The number of nitrogens with one attached hydrogen (secondary N) is 1. The number of rotatable bonds is 9. The molecule has 38 heavy (non-hydrogen) atoms. The van der Waals surface area contributed by atoms with E-state index >= 15 is 0 Å². The average molecular weight is 553 g/mol. The van der Waals surface area contributed by atoms with E-state index in [1.807, 2.05) is 47.9 Å². The Morgan fingerprint density at radius 2 is 1.82 bits per heavy atom. The topological polar surface area (TPSA) is 93.9 Å². The van der Waals surface area contributed by atoms with Gasteiger partial charge in [-0.2, -0.15) is 0 Å². The summed E-state index contributed by atoms with van der Waals surface area (Å²) in [6, 6.07) is 15.7. The minimum absolute atomic E-state index is 0.0921. The molecule has 7 nitrogen and oxygen atoms in total. The van der Waals surface area contributed by atoms with Gasteiger partial charge >= 0.3 is 0 Å². The molecule has 2 bridgehead atoms. The Kier molecular flexibility index (Phi) is 7.07. The summed E-state index contributed by atoms with van der Waals surface area (Å²) in [5, 5.41) is 9.62. The fourth-order valence-corrected chi connectivity index (χ4v) is 9.39. The van der Waals surface area contributed by atoms with E-state index in [0.29, 0.717) is 23.8 Å². The number of Topliss-reactive ketones (excluding diaryl/α,β-unsaturated/α-hetero) is 1. The van der Waals surface area contributed by atoms with Crippen molar-refractivity contribution in [2.45, 2.75) is 70.8 Å². The fraction of sp³-hybridized carbons (Fsp3) is 0.483. The van der Waals surface area contributed by atoms with E-state index in [0.717, 1.165) is 23.4 Å². The maximum absolute atomic E-state index is 13.5. The van der Waals surface area contributed by atoms with Crippen LogP contribution in [0.4, 0.5) is 0 Å². The van der Waals surface area contributed by atoms with E-state index in [1.54, 1.807) is 18.7 Å². The van der Waals surface area contributed by atoms with Gasteiger partial charge in [-0.15, -0.1) is 10.2 Å². The van der Waals surface area contributed by atoms with Gasteiger partial charge in [0.2, 0.25) is 10.0 Å². The number of aryl methyl sites for hydroxylation is 2. The first kappa shape index (κ1) is 27.1. The number of aromatic nitrogens is 3. The van der Waals surface area contributed by atoms with Crippen molar-refractivity contribution in [1.82, 2.24) is 19.5 Å². The van der Waals surface area contributed by atoms with Gasteiger partial charge in [0, 0.05) is 23.3 Å². The summed E-state index contributed by atoms with van der Waals surface area (Å²) < 4.78 is 31.8. The number of hydrogen-bond donors (Lipinski definition) is 1. The van der Waals surface area contributed by atoms with Gasteiger partial charge in [-0.25, -0.2) is 13.1 Å². The highest BCUT2D eigenvalue weighted by molar-refractivity contribution is 7.98. The molecule has 3 aromatic rings. The van der Waals surface area contributed by atoms with Gasteiger partial charge in [-0.05, 0) is 68.2 Å². The summed E-state index contributed by atoms with van der Waals surface area (Å²) in [4.78, 5) is 13.0. The monoisotopic (exact) mass is 552 g/mol. The molecule has 2 aliphatic rings. The van der Waals surface area contributed by atoms with Crippen LogP contribution in [-0.2, 0) is 20.6 Å². The average Bonchev–Trinajstić information content (AvgIpc) is 3.43. The minimum atomic E-state index is -3.78. The molecule has 202 valence electrons. The van der Waals surface area contributed by atoms with E-state index in [2.05, 4.69) is 47.8 Å². The lowest BCUT2D eigenvalue weighted by atomic mass is 9.70. The summed E-state index contributed by atoms with van der Waals surface area (Å²) in [7, 11) is -3.78. The molecule has 1 N–H and O–H groups in total. The molecular formula is C29H36N4O3S2. The van der Waals surface area contributed by atoms with Crippen molar-refractivity contribution in [3.8, 4) is 5.69 Å². The smallest absolute Gasteiger partial charge is 0.213 e. The van der Waals surface area contributed by atoms with Crippen molar-refractivity contribution in [3.05, 3.63) is 71.0 Å². The highest BCUT2D eigenvalue weighted by Gasteiger charge is 2.65. The molecule has 3 atom stereocenters. The molecule has 1 aromatic heterocycles. The van der Waals surface area contributed by atoms with Crippen LogP contribution in [0, 0.1) is 30.6 Å². The quantitative estimate of drug-likeness (QED) is 0.350. The third-order valence-electron chi connectivity index (χ3n) is 8.89. The lowest BCUT2D eigenvalue weighted by molar-refractivity contribution is -0.128.